The van der Waals surface area contributed by atoms with Crippen LogP contribution in [0.4, 0.5) is 34.1 Å². The topological polar surface area (TPSA) is 363 Å². The summed E-state index contributed by atoms with van der Waals surface area (Å²) in [5.41, 5.74) is 16.3. The van der Waals surface area contributed by atoms with E-state index in [0.717, 1.165) is 12.0 Å². The van der Waals surface area contributed by atoms with E-state index in [0.29, 0.717) is 110 Å². The SMILES string of the molecule is CC(C)CCON=O.CI.COc1cc(N)cc(OC)c1OC.COc1cc(N=Nc2ccc(O)c(C)c2O)cc(OC)c1OC.COc1ccc(N=Nc2cc(OC)c(OC)c(OC)c2)c(N)c1C.Cc1c(O)cccc1O.O=CO[O-].[H-].[K+].[K+]. The van der Waals surface area contributed by atoms with Gasteiger partial charge in [0, 0.05) is 58.8 Å². The van der Waals surface area contributed by atoms with Crippen LogP contribution in [0.15, 0.2) is 105 Å². The second-order valence-corrected chi connectivity index (χ2v) is 16.2. The second-order valence-electron chi connectivity index (χ2n) is 16.2. The normalized spacial score (nSPS) is 9.59. The number of anilines is 2. The zero-order chi connectivity index (χ0) is 63.2. The number of azo groups is 2. The maximum Gasteiger partial charge on any atom is 1.00 e. The van der Waals surface area contributed by atoms with Crippen LogP contribution < -0.4 is 167 Å². The van der Waals surface area contributed by atoms with Gasteiger partial charge in [-0.1, -0.05) is 42.5 Å². The van der Waals surface area contributed by atoms with Crippen LogP contribution in [-0.4, -0.2) is 110 Å². The molecular formula is C56H76IK2N7O19. The van der Waals surface area contributed by atoms with Gasteiger partial charge in [-0.25, -0.2) is 0 Å². The van der Waals surface area contributed by atoms with Gasteiger partial charge < -0.3 is 95.7 Å². The number of phenolic OH excluding ortho intramolecular Hbond substituents is 4. The van der Waals surface area contributed by atoms with E-state index in [1.54, 1.807) is 118 Å². The molecule has 0 radical (unpaired) electrons. The zero-order valence-electron chi connectivity index (χ0n) is 52.3. The number of hydrogen-bond donors (Lipinski definition) is 6. The Morgan fingerprint density at radius 1 is 0.529 bits per heavy atom. The van der Waals surface area contributed by atoms with E-state index < -0.39 is 0 Å². The summed E-state index contributed by atoms with van der Waals surface area (Å²) in [5.74, 6) is 5.98. The molecule has 0 heterocycles. The van der Waals surface area contributed by atoms with Crippen molar-refractivity contribution in [3.05, 3.63) is 100 Å². The largest absolute Gasteiger partial charge is 1.00 e. The fourth-order valence-corrected chi connectivity index (χ4v) is 6.27. The number of carbonyl (C=O) groups is 1. The van der Waals surface area contributed by atoms with Gasteiger partial charge in [0.25, 0.3) is 6.47 Å². The molecule has 0 aromatic heterocycles. The first kappa shape index (κ1) is 83.4. The van der Waals surface area contributed by atoms with Gasteiger partial charge in [0.05, 0.1) is 88.2 Å². The molecule has 0 unspecified atom stereocenters. The summed E-state index contributed by atoms with van der Waals surface area (Å²) in [6.07, 6.45) is 0.895. The van der Waals surface area contributed by atoms with Gasteiger partial charge in [0.2, 0.25) is 17.2 Å². The molecule has 6 rings (SSSR count). The smallest absolute Gasteiger partial charge is 1.00 e. The molecule has 0 spiro atoms. The van der Waals surface area contributed by atoms with Crippen LogP contribution in [-0.2, 0) is 14.5 Å². The van der Waals surface area contributed by atoms with Crippen molar-refractivity contribution < 1.29 is 192 Å². The molecule has 0 saturated heterocycles. The molecule has 0 saturated carbocycles. The van der Waals surface area contributed by atoms with Gasteiger partial charge in [-0.05, 0) is 74.4 Å². The molecule has 0 amide bonds. The van der Waals surface area contributed by atoms with Crippen LogP contribution in [0, 0.1) is 31.6 Å². The van der Waals surface area contributed by atoms with Crippen molar-refractivity contribution >= 4 is 63.2 Å². The van der Waals surface area contributed by atoms with E-state index in [2.05, 4.69) is 72.0 Å². The third-order valence-electron chi connectivity index (χ3n) is 10.7. The molecule has 85 heavy (non-hydrogen) atoms. The van der Waals surface area contributed by atoms with E-state index in [4.69, 9.17) is 79.1 Å². The average Bonchev–Trinajstić information content (AvgIpc) is 3.69. The number of nitrogen functional groups attached to an aromatic ring is 2. The Bertz CT molecular complexity index is 2890. The Kier molecular flexibility index (Phi) is 46.4. The van der Waals surface area contributed by atoms with E-state index >= 15 is 0 Å². The molecular weight excluding hydrogens is 1280 g/mol. The number of ether oxygens (including phenoxy) is 10. The molecule has 0 aliphatic heterocycles. The van der Waals surface area contributed by atoms with Crippen LogP contribution in [0.5, 0.6) is 80.5 Å². The number of phenols is 4. The van der Waals surface area contributed by atoms with Crippen LogP contribution in [0.1, 0.15) is 38.4 Å². The minimum absolute atomic E-state index is 0. The Morgan fingerprint density at radius 3 is 1.21 bits per heavy atom. The minimum Gasteiger partial charge on any atom is -1.00 e. The number of nitrogens with two attached hydrogens (primary N) is 2. The monoisotopic (exact) mass is 1360 g/mol. The number of nitrogens with zero attached hydrogens (tertiary/aromatic N) is 5. The number of carbonyl (C=O) groups excluding carboxylic acids is 1. The van der Waals surface area contributed by atoms with Gasteiger partial charge in [0.1, 0.15) is 46.7 Å². The van der Waals surface area contributed by atoms with Crippen molar-refractivity contribution in [3.63, 3.8) is 0 Å². The summed E-state index contributed by atoms with van der Waals surface area (Å²) < 4.78 is 52.1. The second kappa shape index (κ2) is 47.3. The predicted molar refractivity (Wildman–Crippen MR) is 322 cm³/mol. The maximum absolute atomic E-state index is 9.96. The maximum atomic E-state index is 9.96. The summed E-state index contributed by atoms with van der Waals surface area (Å²) in [7, 11) is 15.4. The third kappa shape index (κ3) is 28.5. The van der Waals surface area contributed by atoms with Crippen molar-refractivity contribution in [3.8, 4) is 80.5 Å². The average molecular weight is 1360 g/mol. The Morgan fingerprint density at radius 2 is 0.882 bits per heavy atom. The molecule has 0 atom stereocenters. The Hall–Kier alpha value is -5.85. The van der Waals surface area contributed by atoms with Gasteiger partial charge >= 0.3 is 103 Å². The molecule has 0 aliphatic rings. The van der Waals surface area contributed by atoms with Gasteiger partial charge in [0.15, 0.2) is 39.8 Å². The van der Waals surface area contributed by atoms with Gasteiger partial charge in [-0.2, -0.15) is 10.2 Å². The molecule has 29 heteroatoms. The van der Waals surface area contributed by atoms with Crippen LogP contribution in [0.3, 0.4) is 0 Å². The Labute approximate surface area is 595 Å². The predicted octanol–water partition coefficient (Wildman–Crippen LogP) is 5.91. The van der Waals surface area contributed by atoms with Crippen molar-refractivity contribution in [1.29, 1.82) is 0 Å². The molecule has 0 aliphatic carbocycles. The molecule has 6 aromatic rings. The number of hydrogen-bond acceptors (Lipinski definition) is 26. The molecule has 26 nitrogen and oxygen atoms in total. The number of methoxy groups -OCH3 is 10. The van der Waals surface area contributed by atoms with Gasteiger partial charge in [-0.3, -0.25) is 4.79 Å². The molecule has 458 valence electrons. The van der Waals surface area contributed by atoms with E-state index in [1.807, 2.05) is 11.9 Å². The van der Waals surface area contributed by atoms with Crippen LogP contribution in [0.25, 0.3) is 0 Å². The molecule has 0 bridgehead atoms. The standard InChI is InChI=1S/C17H21N3O4.C16H18N2O5.C9H13NO3.C7H8O2.C5H11NO2.CH3I.CH2O3.2K.H/c1-10-13(21-2)7-6-12(16(10)18)20-19-11-8-14(22-3)17(24-5)15(9-11)23-4;1-9-12(19)6-5-11(15(9)20)18-17-10-7-13(21-2)16(23-4)14(8-10)22-3;1-11-7-4-6(10)5-8(12-2)9(7)13-3;1-5-6(8)3-2-4-7(5)9;1-5(2)3-4-8-6-7;1-2;2-1-4-3;;;/h6-9H,18H2,1-5H3;5-8,19-20H,1-4H3;4-5H,10H2,1-3H3;2-4,8-9H,1H3;5H,3-4H2,1-2H3;1H3;1,3H;;;/q;;;;;;;2*+1;-1/p-1. The van der Waals surface area contributed by atoms with Crippen molar-refractivity contribution in [2.75, 3.05) is 94.1 Å². The quantitative estimate of drug-likeness (QED) is 0.00524. The first-order valence-electron chi connectivity index (χ1n) is 24.2. The summed E-state index contributed by atoms with van der Waals surface area (Å²) in [4.78, 5) is 26.7. The van der Waals surface area contributed by atoms with Gasteiger partial charge in [-0.15, -0.1) is 15.1 Å². The van der Waals surface area contributed by atoms with Crippen molar-refractivity contribution in [1.82, 2.24) is 0 Å². The van der Waals surface area contributed by atoms with E-state index in [-0.39, 0.29) is 139 Å². The summed E-state index contributed by atoms with van der Waals surface area (Å²) in [6, 6.07) is 21.2. The first-order chi connectivity index (χ1) is 39.7. The fourth-order valence-electron chi connectivity index (χ4n) is 6.27. The van der Waals surface area contributed by atoms with Crippen LogP contribution in [0.2, 0.25) is 0 Å². The van der Waals surface area contributed by atoms with E-state index in [1.165, 1.54) is 45.6 Å². The molecule has 8 N–H and O–H groups in total. The summed E-state index contributed by atoms with van der Waals surface area (Å²) >= 11 is 2.15. The number of aromatic hydroxyl groups is 4. The summed E-state index contributed by atoms with van der Waals surface area (Å²) in [5, 5.41) is 64.5. The Balaban J connectivity index is -0.000000499. The summed E-state index contributed by atoms with van der Waals surface area (Å²) in [6.45, 7) is 9.50. The van der Waals surface area contributed by atoms with Crippen molar-refractivity contribution in [2.45, 2.75) is 41.0 Å². The minimum atomic E-state index is -0.181. The van der Waals surface area contributed by atoms with E-state index in [9.17, 15) is 15.1 Å². The third-order valence-corrected chi connectivity index (χ3v) is 10.7. The number of benzene rings is 6. The zero-order valence-corrected chi connectivity index (χ0v) is 59.7. The number of halogens is 1. The van der Waals surface area contributed by atoms with Crippen molar-refractivity contribution in [2.24, 2.45) is 31.7 Å². The molecule has 0 fully saturated rings. The molecule has 6 aromatic carbocycles. The number of alkyl halides is 1. The fraction of sp³-hybridized carbons (Fsp3) is 0.339. The van der Waals surface area contributed by atoms with Crippen LogP contribution >= 0.6 is 22.6 Å². The first-order valence-corrected chi connectivity index (χ1v) is 26.3. The number of rotatable bonds is 19.